The summed E-state index contributed by atoms with van der Waals surface area (Å²) in [4.78, 5) is 12.9. The minimum absolute atomic E-state index is 0.0860. The number of carbonyl (C=O) groups excluding carboxylic acids is 1. The molecule has 0 radical (unpaired) electrons. The molecule has 1 aliphatic rings. The Labute approximate surface area is 197 Å². The van der Waals surface area contributed by atoms with Gasteiger partial charge in [-0.1, -0.05) is 105 Å². The average molecular weight is 443 g/mol. The van der Waals surface area contributed by atoms with Crippen LogP contribution in [0.5, 0.6) is 0 Å². The third-order valence-electron chi connectivity index (χ3n) is 6.73. The summed E-state index contributed by atoms with van der Waals surface area (Å²) in [5, 5.41) is 0. The van der Waals surface area contributed by atoms with Crippen molar-refractivity contribution in [1.82, 2.24) is 0 Å². The first-order valence-electron chi connectivity index (χ1n) is 11.7. The van der Waals surface area contributed by atoms with Crippen LogP contribution in [0, 0.1) is 17.3 Å². The maximum absolute atomic E-state index is 12.9. The molecule has 2 unspecified atom stereocenters. The summed E-state index contributed by atoms with van der Waals surface area (Å²) in [6.45, 7) is 10.5. The predicted octanol–water partition coefficient (Wildman–Crippen LogP) is 6.61. The zero-order valence-electron chi connectivity index (χ0n) is 20.2. The summed E-state index contributed by atoms with van der Waals surface area (Å²) in [6, 6.07) is 31.0. The second-order valence-corrected chi connectivity index (χ2v) is 10.5. The van der Waals surface area contributed by atoms with Crippen molar-refractivity contribution < 1.29 is 14.3 Å². The zero-order chi connectivity index (χ0) is 23.7. The third-order valence-corrected chi connectivity index (χ3v) is 6.73. The second-order valence-electron chi connectivity index (χ2n) is 10.5. The van der Waals surface area contributed by atoms with E-state index in [1.54, 1.807) is 0 Å². The highest BCUT2D eigenvalue weighted by atomic mass is 16.6. The van der Waals surface area contributed by atoms with Gasteiger partial charge in [-0.3, -0.25) is 4.79 Å². The Kier molecular flexibility index (Phi) is 6.20. The normalized spacial score (nSPS) is 19.7. The van der Waals surface area contributed by atoms with E-state index in [0.717, 1.165) is 16.7 Å². The highest BCUT2D eigenvalue weighted by Gasteiger charge is 2.63. The number of ether oxygens (including phenoxy) is 2. The molecule has 172 valence electrons. The molecule has 4 rings (SSSR count). The van der Waals surface area contributed by atoms with Crippen molar-refractivity contribution in [2.45, 2.75) is 45.8 Å². The van der Waals surface area contributed by atoms with Crippen molar-refractivity contribution in [3.05, 3.63) is 108 Å². The molecular weight excluding hydrogens is 408 g/mol. The molecule has 1 aliphatic carbocycles. The second kappa shape index (κ2) is 8.79. The van der Waals surface area contributed by atoms with Gasteiger partial charge in [-0.05, 0) is 42.9 Å². The van der Waals surface area contributed by atoms with Crippen LogP contribution in [0.15, 0.2) is 91.0 Å². The van der Waals surface area contributed by atoms with Crippen LogP contribution in [0.1, 0.15) is 51.3 Å². The molecule has 0 bridgehead atoms. The van der Waals surface area contributed by atoms with Crippen LogP contribution in [0.3, 0.4) is 0 Å². The lowest BCUT2D eigenvalue weighted by molar-refractivity contribution is -0.157. The predicted molar refractivity (Wildman–Crippen MR) is 132 cm³/mol. The number of benzene rings is 3. The molecule has 0 spiro atoms. The molecule has 1 fully saturated rings. The van der Waals surface area contributed by atoms with E-state index in [1.807, 2.05) is 75.4 Å². The van der Waals surface area contributed by atoms with Gasteiger partial charge in [0.15, 0.2) is 0 Å². The van der Waals surface area contributed by atoms with Crippen LogP contribution in [0.25, 0.3) is 0 Å². The van der Waals surface area contributed by atoms with Gasteiger partial charge in [-0.25, -0.2) is 0 Å². The van der Waals surface area contributed by atoms with Gasteiger partial charge >= 0.3 is 5.97 Å². The fourth-order valence-corrected chi connectivity index (χ4v) is 4.87. The lowest BCUT2D eigenvalue weighted by atomic mass is 9.80. The van der Waals surface area contributed by atoms with E-state index >= 15 is 0 Å². The third kappa shape index (κ3) is 4.60. The first-order chi connectivity index (χ1) is 15.7. The van der Waals surface area contributed by atoms with Gasteiger partial charge in [0, 0.05) is 5.92 Å². The highest BCUT2D eigenvalue weighted by Crippen LogP contribution is 2.60. The number of hydrogen-bond donors (Lipinski definition) is 0. The molecule has 0 N–H and O–H groups in total. The number of esters is 1. The molecule has 2 atom stereocenters. The van der Waals surface area contributed by atoms with Gasteiger partial charge in [0.05, 0.1) is 12.5 Å². The molecule has 0 aliphatic heterocycles. The summed E-state index contributed by atoms with van der Waals surface area (Å²) >= 11 is 0. The zero-order valence-corrected chi connectivity index (χ0v) is 20.2. The van der Waals surface area contributed by atoms with Crippen molar-refractivity contribution in [2.75, 3.05) is 6.61 Å². The SMILES string of the molecule is CC(C)(C)OC(=O)C1C(COC(c2ccccc2)(c2ccccc2)c2ccccc2)C1(C)C. The fourth-order valence-electron chi connectivity index (χ4n) is 4.87. The van der Waals surface area contributed by atoms with E-state index in [-0.39, 0.29) is 23.2 Å². The molecule has 0 amide bonds. The molecule has 33 heavy (non-hydrogen) atoms. The standard InChI is InChI=1S/C30H34O3/c1-28(2,3)33-27(31)26-25(29(26,4)5)21-32-30(22-15-9-6-10-16-22,23-17-11-7-12-18-23)24-19-13-8-14-20-24/h6-20,25-26H,21H2,1-5H3. The fraction of sp³-hybridized carbons (Fsp3) is 0.367. The summed E-state index contributed by atoms with van der Waals surface area (Å²) in [6.07, 6.45) is 0. The van der Waals surface area contributed by atoms with Crippen LogP contribution in [0.4, 0.5) is 0 Å². The molecule has 3 heteroatoms. The number of hydrogen-bond acceptors (Lipinski definition) is 3. The molecule has 3 aromatic carbocycles. The van der Waals surface area contributed by atoms with Gasteiger partial charge in [0.25, 0.3) is 0 Å². The monoisotopic (exact) mass is 442 g/mol. The Hall–Kier alpha value is -2.91. The quantitative estimate of drug-likeness (QED) is 0.305. The van der Waals surface area contributed by atoms with E-state index in [2.05, 4.69) is 50.2 Å². The van der Waals surface area contributed by atoms with Crippen LogP contribution in [0.2, 0.25) is 0 Å². The molecule has 3 nitrogen and oxygen atoms in total. The van der Waals surface area contributed by atoms with Crippen molar-refractivity contribution >= 4 is 5.97 Å². The Bertz CT molecular complexity index is 969. The van der Waals surface area contributed by atoms with Gasteiger partial charge in [0.1, 0.15) is 11.2 Å². The Morgan fingerprint density at radius 2 is 1.15 bits per heavy atom. The highest BCUT2D eigenvalue weighted by molar-refractivity contribution is 5.78. The van der Waals surface area contributed by atoms with Crippen LogP contribution in [-0.4, -0.2) is 18.2 Å². The molecule has 1 saturated carbocycles. The lowest BCUT2D eigenvalue weighted by Gasteiger charge is -2.36. The van der Waals surface area contributed by atoms with Crippen molar-refractivity contribution in [3.63, 3.8) is 0 Å². The maximum Gasteiger partial charge on any atom is 0.310 e. The minimum atomic E-state index is -0.777. The topological polar surface area (TPSA) is 35.5 Å². The smallest absolute Gasteiger partial charge is 0.310 e. The van der Waals surface area contributed by atoms with Gasteiger partial charge in [-0.15, -0.1) is 0 Å². The molecule has 3 aromatic rings. The van der Waals surface area contributed by atoms with Crippen molar-refractivity contribution in [1.29, 1.82) is 0 Å². The molecule has 0 saturated heterocycles. The molecular formula is C30H34O3. The van der Waals surface area contributed by atoms with Crippen molar-refractivity contribution in [2.24, 2.45) is 17.3 Å². The summed E-state index contributed by atoms with van der Waals surface area (Å²) in [7, 11) is 0. The largest absolute Gasteiger partial charge is 0.460 e. The maximum atomic E-state index is 12.9. The molecule has 0 heterocycles. The Balaban J connectivity index is 1.72. The Morgan fingerprint density at radius 1 is 0.758 bits per heavy atom. The first-order valence-corrected chi connectivity index (χ1v) is 11.7. The van der Waals surface area contributed by atoms with E-state index in [4.69, 9.17) is 9.47 Å². The average Bonchev–Trinajstić information content (AvgIpc) is 3.36. The van der Waals surface area contributed by atoms with E-state index in [1.165, 1.54) is 0 Å². The van der Waals surface area contributed by atoms with E-state index in [9.17, 15) is 4.79 Å². The first kappa shape index (κ1) is 23.3. The summed E-state index contributed by atoms with van der Waals surface area (Å²) in [5.41, 5.74) is 1.75. The molecule has 0 aromatic heterocycles. The number of carbonyl (C=O) groups is 1. The van der Waals surface area contributed by atoms with E-state index < -0.39 is 11.2 Å². The van der Waals surface area contributed by atoms with E-state index in [0.29, 0.717) is 6.61 Å². The van der Waals surface area contributed by atoms with Crippen LogP contribution < -0.4 is 0 Å². The van der Waals surface area contributed by atoms with Gasteiger partial charge in [0.2, 0.25) is 0 Å². The van der Waals surface area contributed by atoms with Gasteiger partial charge < -0.3 is 9.47 Å². The number of rotatable bonds is 7. The van der Waals surface area contributed by atoms with Gasteiger partial charge in [-0.2, -0.15) is 0 Å². The lowest BCUT2D eigenvalue weighted by Crippen LogP contribution is -2.34. The summed E-state index contributed by atoms with van der Waals surface area (Å²) < 4.78 is 12.7. The Morgan fingerprint density at radius 3 is 1.52 bits per heavy atom. The summed E-state index contributed by atoms with van der Waals surface area (Å²) in [5.74, 6) is -0.217. The van der Waals surface area contributed by atoms with Crippen LogP contribution >= 0.6 is 0 Å². The van der Waals surface area contributed by atoms with Crippen LogP contribution in [-0.2, 0) is 19.9 Å². The minimum Gasteiger partial charge on any atom is -0.460 e. The van der Waals surface area contributed by atoms with Crippen molar-refractivity contribution in [3.8, 4) is 0 Å².